The van der Waals surface area contributed by atoms with Gasteiger partial charge in [-0.2, -0.15) is 0 Å². The summed E-state index contributed by atoms with van der Waals surface area (Å²) in [6.07, 6.45) is 4.86. The van der Waals surface area contributed by atoms with Crippen LogP contribution in [0.15, 0.2) is 12.1 Å². The topological polar surface area (TPSA) is 77.2 Å². The van der Waals surface area contributed by atoms with Crippen molar-refractivity contribution < 1.29 is 4.74 Å². The number of anilines is 1. The molecule has 0 amide bonds. The first-order chi connectivity index (χ1) is 11.3. The molecule has 2 aromatic rings. The van der Waals surface area contributed by atoms with Crippen LogP contribution in [0.3, 0.4) is 0 Å². The van der Waals surface area contributed by atoms with Crippen LogP contribution in [0.25, 0.3) is 11.0 Å². The second-order valence-electron chi connectivity index (χ2n) is 6.54. The highest BCUT2D eigenvalue weighted by Gasteiger charge is 2.23. The number of nitrogen functional groups attached to an aromatic ring is 1. The molecule has 0 saturated carbocycles. The van der Waals surface area contributed by atoms with Gasteiger partial charge in [-0.15, -0.1) is 10.2 Å². The number of nitrogens with zero attached hydrogens (tertiary/aromatic N) is 4. The van der Waals surface area contributed by atoms with Crippen LogP contribution in [-0.4, -0.2) is 52.9 Å². The van der Waals surface area contributed by atoms with Gasteiger partial charge >= 0.3 is 0 Å². The molecule has 6 nitrogen and oxygen atoms in total. The molecule has 23 heavy (non-hydrogen) atoms. The number of hydrogen-bond acceptors (Lipinski definition) is 6. The Morgan fingerprint density at radius 2 is 2.04 bits per heavy atom. The molecule has 4 rings (SSSR count). The monoisotopic (exact) mass is 313 g/mol. The predicted octanol–water partition coefficient (Wildman–Crippen LogP) is 1.75. The summed E-state index contributed by atoms with van der Waals surface area (Å²) in [4.78, 5) is 6.80. The number of rotatable bonds is 4. The summed E-state index contributed by atoms with van der Waals surface area (Å²) in [5.74, 6) is 0.896. The molecule has 1 saturated heterocycles. The Morgan fingerprint density at radius 1 is 1.17 bits per heavy atom. The number of fused-ring (bicyclic) bond motifs is 2. The Morgan fingerprint density at radius 3 is 2.91 bits per heavy atom. The third kappa shape index (κ3) is 3.14. The van der Waals surface area contributed by atoms with Crippen LogP contribution in [0.2, 0.25) is 0 Å². The van der Waals surface area contributed by atoms with Gasteiger partial charge in [-0.25, -0.2) is 4.98 Å². The average Bonchev–Trinajstić information content (AvgIpc) is 2.96. The van der Waals surface area contributed by atoms with E-state index in [0.717, 1.165) is 43.8 Å². The quantitative estimate of drug-likeness (QED) is 0.926. The second kappa shape index (κ2) is 6.37. The van der Waals surface area contributed by atoms with Crippen LogP contribution in [0.5, 0.6) is 0 Å². The fourth-order valence-electron chi connectivity index (χ4n) is 3.82. The molecule has 1 aliphatic carbocycles. The first-order valence-corrected chi connectivity index (χ1v) is 8.52. The van der Waals surface area contributed by atoms with Crippen LogP contribution < -0.4 is 5.73 Å². The van der Waals surface area contributed by atoms with Crippen molar-refractivity contribution in [2.24, 2.45) is 0 Å². The lowest BCUT2D eigenvalue weighted by molar-refractivity contribution is 0.0370. The lowest BCUT2D eigenvalue weighted by Crippen LogP contribution is -2.36. The smallest absolute Gasteiger partial charge is 0.240 e. The lowest BCUT2D eigenvalue weighted by atomic mass is 9.95. The molecule has 2 N–H and O–H groups in total. The van der Waals surface area contributed by atoms with Crippen LogP contribution in [0, 0.1) is 0 Å². The van der Waals surface area contributed by atoms with Gasteiger partial charge < -0.3 is 10.5 Å². The molecule has 0 bridgehead atoms. The standard InChI is InChI=1S/C17H23N5O/c18-17-19-15-10-13-4-3-12(14(13)11-16(15)20-21-17)2-1-5-22-6-8-23-9-7-22/h10-12H,1-9H2,(H2,18,19,21). The minimum atomic E-state index is 0.248. The van der Waals surface area contributed by atoms with Crippen molar-refractivity contribution >= 4 is 17.0 Å². The van der Waals surface area contributed by atoms with Gasteiger partial charge in [0.05, 0.1) is 18.7 Å². The van der Waals surface area contributed by atoms with E-state index in [4.69, 9.17) is 10.5 Å². The van der Waals surface area contributed by atoms with Crippen LogP contribution >= 0.6 is 0 Å². The van der Waals surface area contributed by atoms with E-state index in [1.807, 2.05) is 0 Å². The third-order valence-electron chi connectivity index (χ3n) is 5.06. The number of morpholine rings is 1. The Bertz CT molecular complexity index is 699. The maximum absolute atomic E-state index is 5.63. The van der Waals surface area contributed by atoms with Crippen molar-refractivity contribution in [1.29, 1.82) is 0 Å². The van der Waals surface area contributed by atoms with Gasteiger partial charge in [0.1, 0.15) is 5.52 Å². The Hall–Kier alpha value is -1.79. The predicted molar refractivity (Wildman–Crippen MR) is 89.3 cm³/mol. The fourth-order valence-corrected chi connectivity index (χ4v) is 3.82. The van der Waals surface area contributed by atoms with Gasteiger partial charge in [0.15, 0.2) is 0 Å². The molecule has 0 spiro atoms. The van der Waals surface area contributed by atoms with Gasteiger partial charge in [0.2, 0.25) is 5.95 Å². The van der Waals surface area contributed by atoms with E-state index in [2.05, 4.69) is 32.2 Å². The van der Waals surface area contributed by atoms with Crippen molar-refractivity contribution in [1.82, 2.24) is 20.1 Å². The molecule has 1 fully saturated rings. The van der Waals surface area contributed by atoms with Gasteiger partial charge in [-0.3, -0.25) is 4.90 Å². The van der Waals surface area contributed by atoms with E-state index in [9.17, 15) is 0 Å². The average molecular weight is 313 g/mol. The Kier molecular flexibility index (Phi) is 4.10. The molecule has 6 heteroatoms. The van der Waals surface area contributed by atoms with Crippen LogP contribution in [-0.2, 0) is 11.2 Å². The number of aromatic nitrogens is 3. The van der Waals surface area contributed by atoms with E-state index < -0.39 is 0 Å². The maximum Gasteiger partial charge on any atom is 0.240 e. The Balaban J connectivity index is 1.43. The molecule has 2 heterocycles. The maximum atomic E-state index is 5.63. The summed E-state index contributed by atoms with van der Waals surface area (Å²) in [5.41, 5.74) is 10.2. The lowest BCUT2D eigenvalue weighted by Gasteiger charge is -2.26. The van der Waals surface area contributed by atoms with Crippen molar-refractivity contribution in [3.8, 4) is 0 Å². The first kappa shape index (κ1) is 14.8. The van der Waals surface area contributed by atoms with Gasteiger partial charge in [-0.1, -0.05) is 0 Å². The molecular weight excluding hydrogens is 290 g/mol. The molecule has 2 aliphatic rings. The molecule has 0 radical (unpaired) electrons. The minimum absolute atomic E-state index is 0.248. The first-order valence-electron chi connectivity index (χ1n) is 8.52. The highest BCUT2D eigenvalue weighted by Crippen LogP contribution is 2.37. The van der Waals surface area contributed by atoms with Gasteiger partial charge in [0.25, 0.3) is 0 Å². The van der Waals surface area contributed by atoms with Gasteiger partial charge in [-0.05, 0) is 61.4 Å². The van der Waals surface area contributed by atoms with Crippen molar-refractivity contribution in [3.63, 3.8) is 0 Å². The van der Waals surface area contributed by atoms with E-state index in [1.54, 1.807) is 0 Å². The highest BCUT2D eigenvalue weighted by atomic mass is 16.5. The summed E-state index contributed by atoms with van der Waals surface area (Å²) in [6, 6.07) is 4.33. The molecule has 122 valence electrons. The van der Waals surface area contributed by atoms with E-state index in [1.165, 1.54) is 36.9 Å². The van der Waals surface area contributed by atoms with Gasteiger partial charge in [0, 0.05) is 13.1 Å². The number of hydrogen-bond donors (Lipinski definition) is 1. The summed E-state index contributed by atoms with van der Waals surface area (Å²) in [7, 11) is 0. The second-order valence-corrected chi connectivity index (χ2v) is 6.54. The zero-order valence-electron chi connectivity index (χ0n) is 13.4. The number of aryl methyl sites for hydroxylation is 1. The molecule has 1 aliphatic heterocycles. The number of benzene rings is 1. The van der Waals surface area contributed by atoms with Crippen molar-refractivity contribution in [2.45, 2.75) is 31.6 Å². The number of nitrogens with two attached hydrogens (primary N) is 1. The molecular formula is C17H23N5O. The van der Waals surface area contributed by atoms with Crippen LogP contribution in [0.1, 0.15) is 36.3 Å². The number of ether oxygens (including phenoxy) is 1. The largest absolute Gasteiger partial charge is 0.379 e. The zero-order chi connectivity index (χ0) is 15.6. The van der Waals surface area contributed by atoms with E-state index >= 15 is 0 Å². The molecule has 1 unspecified atom stereocenters. The molecule has 1 aromatic heterocycles. The molecule has 1 aromatic carbocycles. The molecule has 1 atom stereocenters. The van der Waals surface area contributed by atoms with Crippen molar-refractivity contribution in [2.75, 3.05) is 38.6 Å². The normalized spacial score (nSPS) is 21.7. The van der Waals surface area contributed by atoms with E-state index in [-0.39, 0.29) is 5.95 Å². The Labute approximate surface area is 136 Å². The summed E-state index contributed by atoms with van der Waals surface area (Å²) in [5, 5.41) is 8.07. The van der Waals surface area contributed by atoms with E-state index in [0.29, 0.717) is 5.92 Å². The van der Waals surface area contributed by atoms with Crippen molar-refractivity contribution in [3.05, 3.63) is 23.3 Å². The summed E-state index contributed by atoms with van der Waals surface area (Å²) >= 11 is 0. The summed E-state index contributed by atoms with van der Waals surface area (Å²) < 4.78 is 5.41. The minimum Gasteiger partial charge on any atom is -0.379 e. The SMILES string of the molecule is Nc1nnc2cc3c(cc2n1)CCC3CCCN1CCOCC1. The van der Waals surface area contributed by atoms with Crippen LogP contribution in [0.4, 0.5) is 5.95 Å². The fraction of sp³-hybridized carbons (Fsp3) is 0.588. The zero-order valence-corrected chi connectivity index (χ0v) is 13.4. The highest BCUT2D eigenvalue weighted by molar-refractivity contribution is 5.77. The third-order valence-corrected chi connectivity index (χ3v) is 5.06. The summed E-state index contributed by atoms with van der Waals surface area (Å²) in [6.45, 7) is 5.10.